The summed E-state index contributed by atoms with van der Waals surface area (Å²) in [4.78, 5) is 2.41. The van der Waals surface area contributed by atoms with Crippen molar-refractivity contribution in [2.45, 2.75) is 13.2 Å². The Kier molecular flexibility index (Phi) is 7.59. The van der Waals surface area contributed by atoms with Gasteiger partial charge in [0.05, 0.1) is 13.2 Å². The Morgan fingerprint density at radius 3 is 2.65 bits per heavy atom. The van der Waals surface area contributed by atoms with Gasteiger partial charge in [0, 0.05) is 53.9 Å². The molecule has 0 bridgehead atoms. The van der Waals surface area contributed by atoms with Crippen molar-refractivity contribution < 1.29 is 9.47 Å². The van der Waals surface area contributed by atoms with Crippen LogP contribution in [0.2, 0.25) is 10.0 Å². The van der Waals surface area contributed by atoms with Gasteiger partial charge in [-0.25, -0.2) is 0 Å². The fraction of sp³-hybridized carbons (Fsp3) is 0.400. The third-order valence-electron chi connectivity index (χ3n) is 4.39. The van der Waals surface area contributed by atoms with Crippen LogP contribution in [0.15, 0.2) is 42.5 Å². The molecule has 0 unspecified atom stereocenters. The number of ether oxygens (including phenoxy) is 2. The molecule has 6 heteroatoms. The molecule has 4 nitrogen and oxygen atoms in total. The number of morpholine rings is 1. The van der Waals surface area contributed by atoms with Crippen LogP contribution in [0.1, 0.15) is 11.1 Å². The normalized spacial score (nSPS) is 15.2. The van der Waals surface area contributed by atoms with Gasteiger partial charge in [-0.05, 0) is 24.3 Å². The van der Waals surface area contributed by atoms with E-state index in [0.29, 0.717) is 23.2 Å². The molecule has 140 valence electrons. The minimum Gasteiger partial charge on any atom is -0.489 e. The van der Waals surface area contributed by atoms with Gasteiger partial charge in [0.15, 0.2) is 0 Å². The van der Waals surface area contributed by atoms with Crippen molar-refractivity contribution in [1.82, 2.24) is 10.2 Å². The zero-order valence-corrected chi connectivity index (χ0v) is 16.2. The predicted octanol–water partition coefficient (Wildman–Crippen LogP) is 3.99. The average molecular weight is 395 g/mol. The first-order chi connectivity index (χ1) is 12.7. The number of rotatable bonds is 8. The molecule has 0 aromatic heterocycles. The molecule has 2 aromatic rings. The maximum Gasteiger partial charge on any atom is 0.124 e. The second-order valence-electron chi connectivity index (χ2n) is 6.26. The molecule has 0 amide bonds. The van der Waals surface area contributed by atoms with E-state index in [1.807, 2.05) is 42.5 Å². The number of halogens is 2. The summed E-state index contributed by atoms with van der Waals surface area (Å²) >= 11 is 12.4. The first-order valence-electron chi connectivity index (χ1n) is 8.88. The fourth-order valence-corrected chi connectivity index (χ4v) is 3.27. The highest BCUT2D eigenvalue weighted by atomic mass is 35.5. The van der Waals surface area contributed by atoms with E-state index < -0.39 is 0 Å². The molecular formula is C20H24Cl2N2O2. The molecule has 1 saturated heterocycles. The van der Waals surface area contributed by atoms with Gasteiger partial charge in [-0.3, -0.25) is 4.90 Å². The van der Waals surface area contributed by atoms with Crippen LogP contribution in [0, 0.1) is 0 Å². The van der Waals surface area contributed by atoms with Crippen molar-refractivity contribution in [1.29, 1.82) is 0 Å². The molecule has 1 aliphatic heterocycles. The van der Waals surface area contributed by atoms with Crippen LogP contribution in [0.3, 0.4) is 0 Å². The van der Waals surface area contributed by atoms with E-state index in [0.717, 1.165) is 56.3 Å². The van der Waals surface area contributed by atoms with Crippen molar-refractivity contribution in [2.24, 2.45) is 0 Å². The molecule has 0 saturated carbocycles. The van der Waals surface area contributed by atoms with Gasteiger partial charge in [-0.15, -0.1) is 0 Å². The molecule has 0 radical (unpaired) electrons. The average Bonchev–Trinajstić information content (AvgIpc) is 2.66. The van der Waals surface area contributed by atoms with Gasteiger partial charge in [-0.1, -0.05) is 41.4 Å². The number of nitrogens with zero attached hydrogens (tertiary/aromatic N) is 1. The fourth-order valence-electron chi connectivity index (χ4n) is 2.88. The minimum absolute atomic E-state index is 0.433. The first kappa shape index (κ1) is 19.5. The zero-order valence-electron chi connectivity index (χ0n) is 14.7. The van der Waals surface area contributed by atoms with Crippen molar-refractivity contribution in [3.8, 4) is 5.75 Å². The SMILES string of the molecule is Clc1ccc(OCc2ccccc2Cl)c(CNCCN2CCOCC2)c1. The number of hydrogen-bond acceptors (Lipinski definition) is 4. The van der Waals surface area contributed by atoms with E-state index >= 15 is 0 Å². The topological polar surface area (TPSA) is 33.7 Å². The van der Waals surface area contributed by atoms with E-state index in [4.69, 9.17) is 32.7 Å². The third-order valence-corrected chi connectivity index (χ3v) is 4.99. The summed E-state index contributed by atoms with van der Waals surface area (Å²) in [5, 5.41) is 4.90. The third kappa shape index (κ3) is 5.86. The van der Waals surface area contributed by atoms with Crippen molar-refractivity contribution in [2.75, 3.05) is 39.4 Å². The van der Waals surface area contributed by atoms with Crippen molar-refractivity contribution in [3.63, 3.8) is 0 Å². The Bertz CT molecular complexity index is 706. The van der Waals surface area contributed by atoms with Gasteiger partial charge in [0.2, 0.25) is 0 Å². The quantitative estimate of drug-likeness (QED) is 0.686. The smallest absolute Gasteiger partial charge is 0.124 e. The monoisotopic (exact) mass is 394 g/mol. The lowest BCUT2D eigenvalue weighted by atomic mass is 10.2. The molecule has 3 rings (SSSR count). The van der Waals surface area contributed by atoms with Crippen LogP contribution in [-0.4, -0.2) is 44.3 Å². The minimum atomic E-state index is 0.433. The van der Waals surface area contributed by atoms with E-state index in [1.54, 1.807) is 0 Å². The standard InChI is InChI=1S/C20H24Cl2N2O2/c21-18-5-6-20(26-15-16-3-1-2-4-19(16)22)17(13-18)14-23-7-8-24-9-11-25-12-10-24/h1-6,13,23H,7-12,14-15H2. The van der Waals surface area contributed by atoms with E-state index in [9.17, 15) is 0 Å². The number of nitrogens with one attached hydrogen (secondary N) is 1. The lowest BCUT2D eigenvalue weighted by Gasteiger charge is -2.26. The van der Waals surface area contributed by atoms with E-state index in [1.165, 1.54) is 0 Å². The highest BCUT2D eigenvalue weighted by Crippen LogP contribution is 2.25. The predicted molar refractivity (Wildman–Crippen MR) is 106 cm³/mol. The molecular weight excluding hydrogens is 371 g/mol. The van der Waals surface area contributed by atoms with Gasteiger partial charge < -0.3 is 14.8 Å². The number of benzene rings is 2. The summed E-state index contributed by atoms with van der Waals surface area (Å²) in [6.07, 6.45) is 0. The number of hydrogen-bond donors (Lipinski definition) is 1. The highest BCUT2D eigenvalue weighted by molar-refractivity contribution is 6.31. The van der Waals surface area contributed by atoms with Gasteiger partial charge in [-0.2, -0.15) is 0 Å². The van der Waals surface area contributed by atoms with Crippen LogP contribution < -0.4 is 10.1 Å². The summed E-state index contributed by atoms with van der Waals surface area (Å²) in [5.74, 6) is 0.827. The molecule has 0 spiro atoms. The summed E-state index contributed by atoms with van der Waals surface area (Å²) < 4.78 is 11.4. The van der Waals surface area contributed by atoms with Crippen LogP contribution in [0.4, 0.5) is 0 Å². The molecule has 0 atom stereocenters. The maximum absolute atomic E-state index is 6.20. The summed E-state index contributed by atoms with van der Waals surface area (Å²) in [7, 11) is 0. The van der Waals surface area contributed by atoms with Crippen LogP contribution >= 0.6 is 23.2 Å². The molecule has 1 heterocycles. The van der Waals surface area contributed by atoms with E-state index in [2.05, 4.69) is 10.2 Å². The first-order valence-corrected chi connectivity index (χ1v) is 9.63. The lowest BCUT2D eigenvalue weighted by molar-refractivity contribution is 0.0384. The van der Waals surface area contributed by atoms with Crippen LogP contribution in [-0.2, 0) is 17.9 Å². The Labute approximate surface area is 165 Å². The van der Waals surface area contributed by atoms with Crippen LogP contribution in [0.5, 0.6) is 5.75 Å². The molecule has 2 aromatic carbocycles. The Morgan fingerprint density at radius 1 is 1.04 bits per heavy atom. The molecule has 0 aliphatic carbocycles. The Morgan fingerprint density at radius 2 is 1.85 bits per heavy atom. The Hall–Kier alpha value is -1.30. The molecule has 26 heavy (non-hydrogen) atoms. The highest BCUT2D eigenvalue weighted by Gasteiger charge is 2.10. The van der Waals surface area contributed by atoms with Gasteiger partial charge >= 0.3 is 0 Å². The van der Waals surface area contributed by atoms with Crippen molar-refractivity contribution >= 4 is 23.2 Å². The molecule has 1 aliphatic rings. The maximum atomic E-state index is 6.20. The lowest BCUT2D eigenvalue weighted by Crippen LogP contribution is -2.40. The van der Waals surface area contributed by atoms with Gasteiger partial charge in [0.25, 0.3) is 0 Å². The second-order valence-corrected chi connectivity index (χ2v) is 7.11. The largest absolute Gasteiger partial charge is 0.489 e. The zero-order chi connectivity index (χ0) is 18.2. The molecule has 1 N–H and O–H groups in total. The second kappa shape index (κ2) is 10.1. The van der Waals surface area contributed by atoms with E-state index in [-0.39, 0.29) is 0 Å². The summed E-state index contributed by atoms with van der Waals surface area (Å²) in [6.45, 7) is 6.74. The van der Waals surface area contributed by atoms with Crippen molar-refractivity contribution in [3.05, 3.63) is 63.6 Å². The Balaban J connectivity index is 1.52. The summed E-state index contributed by atoms with van der Waals surface area (Å²) in [5.41, 5.74) is 2.02. The van der Waals surface area contributed by atoms with Gasteiger partial charge in [0.1, 0.15) is 12.4 Å². The van der Waals surface area contributed by atoms with Crippen LogP contribution in [0.25, 0.3) is 0 Å². The molecule has 1 fully saturated rings. The summed E-state index contributed by atoms with van der Waals surface area (Å²) in [6, 6.07) is 13.4.